The summed E-state index contributed by atoms with van der Waals surface area (Å²) in [6.07, 6.45) is 0.239. The smallest absolute Gasteiger partial charge is 0.144 e. The van der Waals surface area contributed by atoms with E-state index < -0.39 is 0 Å². The minimum atomic E-state index is 0.239. The van der Waals surface area contributed by atoms with Gasteiger partial charge in [-0.3, -0.25) is 0 Å². The highest BCUT2D eigenvalue weighted by Crippen LogP contribution is 2.49. The molecule has 27 heavy (non-hydrogen) atoms. The summed E-state index contributed by atoms with van der Waals surface area (Å²) in [5.41, 5.74) is 3.65. The number of ether oxygens (including phenoxy) is 1. The Balaban J connectivity index is 1.78. The van der Waals surface area contributed by atoms with Crippen LogP contribution < -0.4 is 14.5 Å². The highest BCUT2D eigenvalue weighted by Gasteiger charge is 2.34. The molecule has 0 unspecified atom stereocenters. The van der Waals surface area contributed by atoms with Gasteiger partial charge in [0, 0.05) is 32.8 Å². The minimum absolute atomic E-state index is 0.239. The zero-order valence-corrected chi connectivity index (χ0v) is 16.6. The van der Waals surface area contributed by atoms with E-state index in [1.807, 2.05) is 11.3 Å². The lowest BCUT2D eigenvalue weighted by atomic mass is 10.1. The van der Waals surface area contributed by atoms with E-state index in [0.29, 0.717) is 0 Å². The van der Waals surface area contributed by atoms with E-state index in [9.17, 15) is 0 Å². The van der Waals surface area contributed by atoms with Gasteiger partial charge in [-0.25, -0.2) is 0 Å². The van der Waals surface area contributed by atoms with Gasteiger partial charge >= 0.3 is 0 Å². The average molecular weight is 375 g/mol. The monoisotopic (exact) mass is 374 g/mol. The first-order valence-corrected chi connectivity index (χ1v) is 10.2. The summed E-state index contributed by atoms with van der Waals surface area (Å²) >= 11 is 1.82. The van der Waals surface area contributed by atoms with Gasteiger partial charge in [-0.1, -0.05) is 30.3 Å². The molecule has 0 spiro atoms. The van der Waals surface area contributed by atoms with Crippen LogP contribution in [0, 0.1) is 0 Å². The second kappa shape index (κ2) is 6.17. The van der Waals surface area contributed by atoms with Gasteiger partial charge in [0.2, 0.25) is 0 Å². The second-order valence-corrected chi connectivity index (χ2v) is 7.98. The number of nitrogens with zero attached hydrogens (tertiary/aromatic N) is 2. The highest BCUT2D eigenvalue weighted by molar-refractivity contribution is 7.25. The number of methoxy groups -OCH3 is 1. The third-order valence-electron chi connectivity index (χ3n) is 5.55. The maximum absolute atomic E-state index is 5.84. The van der Waals surface area contributed by atoms with Crippen molar-refractivity contribution in [2.45, 2.75) is 20.0 Å². The second-order valence-electron chi connectivity index (χ2n) is 6.90. The van der Waals surface area contributed by atoms with E-state index >= 15 is 0 Å². The van der Waals surface area contributed by atoms with E-state index in [1.54, 1.807) is 7.11 Å². The maximum Gasteiger partial charge on any atom is 0.144 e. The van der Waals surface area contributed by atoms with E-state index in [1.165, 1.54) is 31.5 Å². The fourth-order valence-corrected chi connectivity index (χ4v) is 5.43. The standard InChI is InChI=1S/C23H22N2OS/c1-4-24-15(2)25(19-11-7-6-10-18(19)24)20-13-17-16-9-5-8-12-22(16)27-23(17)14-21(20)26-3/h5-15H,4H2,1-3H3/t15-/m0/s1. The first-order chi connectivity index (χ1) is 13.2. The van der Waals surface area contributed by atoms with E-state index in [2.05, 4.69) is 84.3 Å². The average Bonchev–Trinajstić information content (AvgIpc) is 3.20. The molecule has 0 bridgehead atoms. The Hall–Kier alpha value is -2.72. The number of benzene rings is 3. The molecule has 0 saturated carbocycles. The molecule has 1 aromatic heterocycles. The molecule has 0 fully saturated rings. The van der Waals surface area contributed by atoms with E-state index in [0.717, 1.165) is 18.0 Å². The van der Waals surface area contributed by atoms with Crippen molar-refractivity contribution in [1.29, 1.82) is 0 Å². The van der Waals surface area contributed by atoms with Crippen LogP contribution in [0.5, 0.6) is 5.75 Å². The minimum Gasteiger partial charge on any atom is -0.495 e. The van der Waals surface area contributed by atoms with Crippen LogP contribution in [-0.2, 0) is 0 Å². The zero-order chi connectivity index (χ0) is 18.5. The molecule has 3 aromatic carbocycles. The Morgan fingerprint density at radius 1 is 0.889 bits per heavy atom. The molecule has 0 radical (unpaired) electrons. The van der Waals surface area contributed by atoms with Crippen molar-refractivity contribution in [2.75, 3.05) is 23.5 Å². The van der Waals surface area contributed by atoms with Crippen LogP contribution in [0.1, 0.15) is 13.8 Å². The zero-order valence-electron chi connectivity index (χ0n) is 15.8. The van der Waals surface area contributed by atoms with Crippen LogP contribution >= 0.6 is 11.3 Å². The summed E-state index contributed by atoms with van der Waals surface area (Å²) in [4.78, 5) is 4.84. The van der Waals surface area contributed by atoms with Crippen molar-refractivity contribution in [1.82, 2.24) is 0 Å². The van der Waals surface area contributed by atoms with Gasteiger partial charge in [0.15, 0.2) is 0 Å². The van der Waals surface area contributed by atoms with Crippen LogP contribution in [0.15, 0.2) is 60.7 Å². The van der Waals surface area contributed by atoms with Crippen LogP contribution in [0.25, 0.3) is 20.2 Å². The third kappa shape index (κ3) is 2.33. The Labute approximate surface area is 163 Å². The largest absolute Gasteiger partial charge is 0.495 e. The molecule has 4 aromatic rings. The summed E-state index contributed by atoms with van der Waals surface area (Å²) in [6.45, 7) is 5.45. The number of para-hydroxylation sites is 2. The quantitative estimate of drug-likeness (QED) is 0.413. The number of hydrogen-bond acceptors (Lipinski definition) is 4. The molecule has 5 rings (SSSR count). The molecule has 136 valence electrons. The lowest BCUT2D eigenvalue weighted by molar-refractivity contribution is 0.415. The topological polar surface area (TPSA) is 15.7 Å². The van der Waals surface area contributed by atoms with Crippen molar-refractivity contribution >= 4 is 48.6 Å². The highest BCUT2D eigenvalue weighted by atomic mass is 32.1. The molecule has 1 aliphatic rings. The Bertz CT molecular complexity index is 1150. The molecule has 1 atom stereocenters. The summed E-state index contributed by atoms with van der Waals surface area (Å²) in [5.74, 6) is 0.925. The number of hydrogen-bond donors (Lipinski definition) is 0. The molecule has 0 saturated heterocycles. The fraction of sp³-hybridized carbons (Fsp3) is 0.217. The fourth-order valence-electron chi connectivity index (χ4n) is 4.31. The Kier molecular flexibility index (Phi) is 3.76. The maximum atomic E-state index is 5.84. The molecule has 3 nitrogen and oxygen atoms in total. The number of anilines is 3. The summed E-state index contributed by atoms with van der Waals surface area (Å²) in [5, 5.41) is 2.61. The molecule has 4 heteroatoms. The van der Waals surface area contributed by atoms with E-state index in [-0.39, 0.29) is 6.17 Å². The van der Waals surface area contributed by atoms with Crippen molar-refractivity contribution in [3.05, 3.63) is 60.7 Å². The molecule has 2 heterocycles. The first kappa shape index (κ1) is 16.5. The number of rotatable bonds is 3. The van der Waals surface area contributed by atoms with Gasteiger partial charge in [0.25, 0.3) is 0 Å². The van der Waals surface area contributed by atoms with E-state index in [4.69, 9.17) is 4.74 Å². The first-order valence-electron chi connectivity index (χ1n) is 9.37. The van der Waals surface area contributed by atoms with Crippen molar-refractivity contribution in [2.24, 2.45) is 0 Å². The lowest BCUT2D eigenvalue weighted by Gasteiger charge is -2.30. The van der Waals surface area contributed by atoms with Gasteiger partial charge in [0.05, 0.1) is 24.2 Å². The molecule has 0 N–H and O–H groups in total. The van der Waals surface area contributed by atoms with Gasteiger partial charge in [-0.2, -0.15) is 0 Å². The predicted octanol–water partition coefficient (Wildman–Crippen LogP) is 6.39. The summed E-state index contributed by atoms with van der Waals surface area (Å²) in [7, 11) is 1.77. The number of thiophene rings is 1. The lowest BCUT2D eigenvalue weighted by Crippen LogP contribution is -2.38. The molecule has 1 aliphatic heterocycles. The Morgan fingerprint density at radius 3 is 2.41 bits per heavy atom. The van der Waals surface area contributed by atoms with Crippen LogP contribution in [0.3, 0.4) is 0 Å². The summed E-state index contributed by atoms with van der Waals surface area (Å²) < 4.78 is 8.42. The predicted molar refractivity (Wildman–Crippen MR) is 117 cm³/mol. The molecule has 0 amide bonds. The molecular weight excluding hydrogens is 352 g/mol. The summed E-state index contributed by atoms with van der Waals surface area (Å²) in [6, 6.07) is 21.8. The van der Waals surface area contributed by atoms with Gasteiger partial charge in [-0.15, -0.1) is 11.3 Å². The van der Waals surface area contributed by atoms with Gasteiger partial charge in [-0.05, 0) is 38.1 Å². The number of fused-ring (bicyclic) bond motifs is 4. The molecular formula is C23H22N2OS. The normalized spacial score (nSPS) is 16.3. The van der Waals surface area contributed by atoms with Crippen molar-refractivity contribution in [3.8, 4) is 5.75 Å². The van der Waals surface area contributed by atoms with Crippen molar-refractivity contribution in [3.63, 3.8) is 0 Å². The molecule has 0 aliphatic carbocycles. The Morgan fingerprint density at radius 2 is 1.63 bits per heavy atom. The van der Waals surface area contributed by atoms with Crippen molar-refractivity contribution < 1.29 is 4.74 Å². The van der Waals surface area contributed by atoms with Crippen LogP contribution in [0.2, 0.25) is 0 Å². The SMILES string of the molecule is CCN1c2ccccc2N(c2cc3c(cc2OC)sc2ccccc23)[C@H]1C. The third-order valence-corrected chi connectivity index (χ3v) is 6.69. The van der Waals surface area contributed by atoms with Gasteiger partial charge in [0.1, 0.15) is 11.9 Å². The van der Waals surface area contributed by atoms with Gasteiger partial charge < -0.3 is 14.5 Å². The van der Waals surface area contributed by atoms with Crippen LogP contribution in [0.4, 0.5) is 17.1 Å². The van der Waals surface area contributed by atoms with Crippen LogP contribution in [-0.4, -0.2) is 19.8 Å².